The standard InChI is InChI=1S/C22H28N6O3/c1-14-4-5-19-15(11-14)12-18(22(30)23-19)20(27-8-6-16(29)7-9-27)21-24-25-26-28(21)13-17-3-2-10-31-17/h4-5,11-12,16-17,20,29H,2-3,6-10,13H2,1H3,(H,23,30)/p+1/t17-,20-/m1/s1. The Morgan fingerprint density at radius 1 is 1.29 bits per heavy atom. The molecule has 0 radical (unpaired) electrons. The van der Waals surface area contributed by atoms with E-state index in [1.54, 1.807) is 4.68 Å². The summed E-state index contributed by atoms with van der Waals surface area (Å²) in [5.41, 5.74) is 2.50. The van der Waals surface area contributed by atoms with Gasteiger partial charge >= 0.3 is 0 Å². The molecule has 0 amide bonds. The van der Waals surface area contributed by atoms with E-state index in [4.69, 9.17) is 4.74 Å². The molecular formula is C22H29N6O3+. The number of quaternary nitrogens is 1. The molecule has 2 fully saturated rings. The number of nitrogens with zero attached hydrogens (tertiary/aromatic N) is 4. The maximum Gasteiger partial charge on any atom is 0.258 e. The van der Waals surface area contributed by atoms with Crippen LogP contribution in [0.1, 0.15) is 48.7 Å². The Hall–Kier alpha value is -2.62. The lowest BCUT2D eigenvalue weighted by Crippen LogP contribution is -3.14. The molecule has 2 atom stereocenters. The predicted octanol–water partition coefficient (Wildman–Crippen LogP) is 0.131. The summed E-state index contributed by atoms with van der Waals surface area (Å²) in [6, 6.07) is 7.69. The van der Waals surface area contributed by atoms with E-state index in [2.05, 4.69) is 26.6 Å². The normalized spacial score (nSPS) is 25.2. The number of aliphatic hydroxyl groups excluding tert-OH is 1. The second kappa shape index (κ2) is 8.49. The first-order valence-electron chi connectivity index (χ1n) is 11.1. The van der Waals surface area contributed by atoms with Crippen molar-refractivity contribution >= 4 is 10.9 Å². The van der Waals surface area contributed by atoms with Gasteiger partial charge in [0.2, 0.25) is 5.82 Å². The van der Waals surface area contributed by atoms with Crippen LogP contribution in [0.15, 0.2) is 29.1 Å². The van der Waals surface area contributed by atoms with Gasteiger partial charge in [-0.25, -0.2) is 4.68 Å². The third-order valence-electron chi connectivity index (χ3n) is 6.56. The number of likely N-dealkylation sites (tertiary alicyclic amines) is 1. The largest absolute Gasteiger partial charge is 0.393 e. The maximum absolute atomic E-state index is 13.2. The second-order valence-electron chi connectivity index (χ2n) is 8.82. The summed E-state index contributed by atoms with van der Waals surface area (Å²) >= 11 is 0. The van der Waals surface area contributed by atoms with Crippen molar-refractivity contribution in [3.8, 4) is 0 Å². The highest BCUT2D eigenvalue weighted by Crippen LogP contribution is 2.21. The minimum Gasteiger partial charge on any atom is -0.393 e. The molecule has 164 valence electrons. The van der Waals surface area contributed by atoms with E-state index in [0.29, 0.717) is 30.8 Å². The fourth-order valence-electron chi connectivity index (χ4n) is 4.89. The van der Waals surface area contributed by atoms with Crippen LogP contribution in [0.2, 0.25) is 0 Å². The first-order valence-corrected chi connectivity index (χ1v) is 11.1. The molecule has 0 spiro atoms. The molecular weight excluding hydrogens is 396 g/mol. The molecule has 9 heteroatoms. The molecule has 4 heterocycles. The van der Waals surface area contributed by atoms with E-state index in [1.807, 2.05) is 25.1 Å². The van der Waals surface area contributed by atoms with Crippen molar-refractivity contribution in [1.82, 2.24) is 25.2 Å². The number of nitrogens with one attached hydrogen (secondary N) is 2. The first kappa shape index (κ1) is 20.3. The third-order valence-corrected chi connectivity index (χ3v) is 6.56. The van der Waals surface area contributed by atoms with E-state index in [0.717, 1.165) is 49.0 Å². The quantitative estimate of drug-likeness (QED) is 0.536. The lowest BCUT2D eigenvalue weighted by Gasteiger charge is -2.32. The smallest absolute Gasteiger partial charge is 0.258 e. The van der Waals surface area contributed by atoms with Crippen molar-refractivity contribution in [3.63, 3.8) is 0 Å². The van der Waals surface area contributed by atoms with Crippen molar-refractivity contribution in [1.29, 1.82) is 0 Å². The van der Waals surface area contributed by atoms with Crippen LogP contribution in [-0.2, 0) is 11.3 Å². The molecule has 2 aliphatic rings. The van der Waals surface area contributed by atoms with Crippen LogP contribution in [0.4, 0.5) is 0 Å². The number of aromatic nitrogens is 5. The molecule has 0 aliphatic carbocycles. The van der Waals surface area contributed by atoms with Gasteiger partial charge in [-0.2, -0.15) is 0 Å². The summed E-state index contributed by atoms with van der Waals surface area (Å²) in [6.45, 7) is 4.90. The fourth-order valence-corrected chi connectivity index (χ4v) is 4.89. The third kappa shape index (κ3) is 4.13. The number of aliphatic hydroxyl groups is 1. The number of piperidine rings is 1. The average Bonchev–Trinajstić information content (AvgIpc) is 3.43. The molecule has 3 N–H and O–H groups in total. The second-order valence-corrected chi connectivity index (χ2v) is 8.82. The number of rotatable bonds is 5. The molecule has 0 bridgehead atoms. The van der Waals surface area contributed by atoms with E-state index in [1.165, 1.54) is 4.90 Å². The van der Waals surface area contributed by atoms with Crippen molar-refractivity contribution in [2.75, 3.05) is 19.7 Å². The predicted molar refractivity (Wildman–Crippen MR) is 114 cm³/mol. The van der Waals surface area contributed by atoms with Crippen molar-refractivity contribution < 1.29 is 14.7 Å². The zero-order chi connectivity index (χ0) is 21.4. The topological polar surface area (TPSA) is 110 Å². The van der Waals surface area contributed by atoms with Gasteiger partial charge in [-0.3, -0.25) is 4.79 Å². The molecule has 0 saturated carbocycles. The zero-order valence-electron chi connectivity index (χ0n) is 17.8. The van der Waals surface area contributed by atoms with E-state index < -0.39 is 0 Å². The molecule has 3 aromatic rings. The van der Waals surface area contributed by atoms with E-state index in [-0.39, 0.29) is 23.8 Å². The highest BCUT2D eigenvalue weighted by molar-refractivity contribution is 5.79. The highest BCUT2D eigenvalue weighted by Gasteiger charge is 2.36. The van der Waals surface area contributed by atoms with Gasteiger partial charge in [0.25, 0.3) is 5.56 Å². The summed E-state index contributed by atoms with van der Waals surface area (Å²) in [7, 11) is 0. The minimum atomic E-state index is -0.308. The molecule has 31 heavy (non-hydrogen) atoms. The zero-order valence-corrected chi connectivity index (χ0v) is 17.8. The average molecular weight is 426 g/mol. The number of aryl methyl sites for hydroxylation is 1. The monoisotopic (exact) mass is 425 g/mol. The minimum absolute atomic E-state index is 0.0959. The Morgan fingerprint density at radius 3 is 2.90 bits per heavy atom. The van der Waals surface area contributed by atoms with Gasteiger partial charge < -0.3 is 19.7 Å². The molecule has 2 aliphatic heterocycles. The number of tetrazole rings is 1. The number of fused-ring (bicyclic) bond motifs is 1. The van der Waals surface area contributed by atoms with Crippen LogP contribution in [0.3, 0.4) is 0 Å². The number of aromatic amines is 1. The maximum atomic E-state index is 13.2. The van der Waals surface area contributed by atoms with E-state index in [9.17, 15) is 9.90 Å². The van der Waals surface area contributed by atoms with Crippen LogP contribution >= 0.6 is 0 Å². The number of hydrogen-bond donors (Lipinski definition) is 3. The Bertz CT molecular complexity index is 1110. The molecule has 0 unspecified atom stereocenters. The van der Waals surface area contributed by atoms with Crippen LogP contribution < -0.4 is 10.5 Å². The van der Waals surface area contributed by atoms with Gasteiger partial charge in [0, 0.05) is 25.0 Å². The lowest BCUT2D eigenvalue weighted by molar-refractivity contribution is -0.932. The van der Waals surface area contributed by atoms with Crippen LogP contribution in [0.5, 0.6) is 0 Å². The van der Waals surface area contributed by atoms with Crippen LogP contribution in [0, 0.1) is 6.92 Å². The number of ether oxygens (including phenoxy) is 1. The molecule has 2 aromatic heterocycles. The lowest BCUT2D eigenvalue weighted by atomic mass is 9.99. The summed E-state index contributed by atoms with van der Waals surface area (Å²) in [4.78, 5) is 17.4. The number of H-pyrrole nitrogens is 1. The Balaban J connectivity index is 1.59. The van der Waals surface area contributed by atoms with Gasteiger partial charge in [-0.05, 0) is 53.8 Å². The first-order chi connectivity index (χ1) is 15.1. The Morgan fingerprint density at radius 2 is 2.13 bits per heavy atom. The highest BCUT2D eigenvalue weighted by atomic mass is 16.5. The van der Waals surface area contributed by atoms with Crippen molar-refractivity contribution in [2.45, 2.75) is 57.4 Å². The van der Waals surface area contributed by atoms with Gasteiger partial charge in [-0.15, -0.1) is 5.10 Å². The Labute approximate surface area is 180 Å². The Kier molecular flexibility index (Phi) is 5.56. The SMILES string of the molecule is Cc1ccc2[nH]c(=O)c([C@H](c3nnnn3C[C@H]3CCCO3)[NH+]3CCC(O)CC3)cc2c1. The van der Waals surface area contributed by atoms with Gasteiger partial charge in [0.15, 0.2) is 6.04 Å². The summed E-state index contributed by atoms with van der Waals surface area (Å²) < 4.78 is 7.60. The summed E-state index contributed by atoms with van der Waals surface area (Å²) in [5, 5.41) is 23.6. The van der Waals surface area contributed by atoms with Gasteiger partial charge in [0.05, 0.1) is 37.4 Å². The molecule has 2 saturated heterocycles. The molecule has 1 aromatic carbocycles. The van der Waals surface area contributed by atoms with Gasteiger partial charge in [0.1, 0.15) is 0 Å². The van der Waals surface area contributed by atoms with Crippen molar-refractivity contribution in [2.24, 2.45) is 0 Å². The van der Waals surface area contributed by atoms with Crippen LogP contribution in [-0.4, -0.2) is 62.2 Å². The molecule has 9 nitrogen and oxygen atoms in total. The fraction of sp³-hybridized carbons (Fsp3) is 0.545. The number of hydrogen-bond acceptors (Lipinski definition) is 6. The number of pyridine rings is 1. The van der Waals surface area contributed by atoms with Crippen LogP contribution in [0.25, 0.3) is 10.9 Å². The van der Waals surface area contributed by atoms with Crippen molar-refractivity contribution in [3.05, 3.63) is 51.6 Å². The summed E-state index contributed by atoms with van der Waals surface area (Å²) in [6.07, 6.45) is 3.24. The van der Waals surface area contributed by atoms with E-state index >= 15 is 0 Å². The summed E-state index contributed by atoms with van der Waals surface area (Å²) in [5.74, 6) is 0.680. The number of benzene rings is 1. The van der Waals surface area contributed by atoms with Gasteiger partial charge in [-0.1, -0.05) is 11.6 Å². The molecule has 5 rings (SSSR count).